The third-order valence-corrected chi connectivity index (χ3v) is 2.14. The molecular weight excluding hydrogens is 196 g/mol. The molecule has 0 saturated carbocycles. The van der Waals surface area contributed by atoms with Gasteiger partial charge in [-0.05, 0) is 18.1 Å². The van der Waals surface area contributed by atoms with E-state index in [0.29, 0.717) is 17.9 Å². The summed E-state index contributed by atoms with van der Waals surface area (Å²) in [5, 5.41) is 0. The molecule has 0 bridgehead atoms. The Balaban J connectivity index is 2.78. The Bertz CT molecular complexity index is 310. The van der Waals surface area contributed by atoms with Crippen LogP contribution in [-0.4, -0.2) is 12.6 Å². The van der Waals surface area contributed by atoms with E-state index in [1.54, 1.807) is 6.07 Å². The molecule has 0 spiro atoms. The maximum Gasteiger partial charge on any atom is 0.338 e. The van der Waals surface area contributed by atoms with Crippen molar-refractivity contribution in [2.24, 2.45) is 0 Å². The molecule has 1 aromatic rings. The number of ether oxygens (including phenoxy) is 1. The lowest BCUT2D eigenvalue weighted by molar-refractivity contribution is 0.0504. The normalized spacial score (nSPS) is 9.86. The van der Waals surface area contributed by atoms with Crippen molar-refractivity contribution >= 4 is 18.6 Å². The first-order chi connectivity index (χ1) is 6.79. The first-order valence-corrected chi connectivity index (χ1v) is 5.20. The number of rotatable bonds is 4. The molecule has 14 heavy (non-hydrogen) atoms. The molecule has 75 valence electrons. The van der Waals surface area contributed by atoms with E-state index in [0.717, 1.165) is 12.0 Å². The van der Waals surface area contributed by atoms with E-state index in [4.69, 9.17) is 17.4 Å². The number of benzene rings is 1. The molecule has 1 rings (SSSR count). The van der Waals surface area contributed by atoms with Gasteiger partial charge in [-0.3, -0.25) is 0 Å². The molecule has 0 aliphatic rings. The molecule has 0 atom stereocenters. The quantitative estimate of drug-likeness (QED) is 0.713. The molecule has 2 nitrogen and oxygen atoms in total. The van der Waals surface area contributed by atoms with Gasteiger partial charge in [0.1, 0.15) is 0 Å². The fourth-order valence-corrected chi connectivity index (χ4v) is 1.37. The summed E-state index contributed by atoms with van der Waals surface area (Å²) in [6, 6.07) is 7.30. The molecule has 0 amide bonds. The minimum Gasteiger partial charge on any atom is -0.462 e. The summed E-state index contributed by atoms with van der Waals surface area (Å²) >= 11 is 4.93. The highest BCUT2D eigenvalue weighted by Crippen LogP contribution is 2.12. The monoisotopic (exact) mass is 209 g/mol. The summed E-state index contributed by atoms with van der Waals surface area (Å²) in [6.45, 7) is 2.43. The first-order valence-electron chi connectivity index (χ1n) is 4.62. The fourth-order valence-electron chi connectivity index (χ4n) is 1.12. The third-order valence-electron chi connectivity index (χ3n) is 1.83. The van der Waals surface area contributed by atoms with Gasteiger partial charge >= 0.3 is 5.97 Å². The number of hydrogen-bond acceptors (Lipinski definition) is 2. The maximum absolute atomic E-state index is 11.5. The number of hydrogen-bond donors (Lipinski definition) is 0. The Hall–Kier alpha value is -0.960. The van der Waals surface area contributed by atoms with Crippen molar-refractivity contribution in [3.8, 4) is 0 Å². The zero-order valence-electron chi connectivity index (χ0n) is 8.16. The lowest BCUT2D eigenvalue weighted by Gasteiger charge is -2.06. The van der Waals surface area contributed by atoms with Crippen LogP contribution in [0, 0.1) is 0 Å². The summed E-state index contributed by atoms with van der Waals surface area (Å²) in [5.41, 5.74) is 1.46. The van der Waals surface area contributed by atoms with Crippen LogP contribution in [0.2, 0.25) is 0 Å². The van der Waals surface area contributed by atoms with Crippen molar-refractivity contribution in [3.05, 3.63) is 35.4 Å². The van der Waals surface area contributed by atoms with Gasteiger partial charge in [0.25, 0.3) is 0 Å². The average molecular weight is 209 g/mol. The predicted molar refractivity (Wildman–Crippen MR) is 58.3 cm³/mol. The van der Waals surface area contributed by atoms with E-state index < -0.39 is 0 Å². The molecule has 0 unspecified atom stereocenters. The van der Waals surface area contributed by atoms with Gasteiger partial charge in [0.15, 0.2) is 0 Å². The van der Waals surface area contributed by atoms with E-state index in [-0.39, 0.29) is 5.97 Å². The highest BCUT2D eigenvalue weighted by Gasteiger charge is 2.10. The molecule has 1 radical (unpaired) electrons. The zero-order valence-corrected chi connectivity index (χ0v) is 8.97. The summed E-state index contributed by atoms with van der Waals surface area (Å²) in [4.78, 5) is 11.5. The lowest BCUT2D eigenvalue weighted by Crippen LogP contribution is -2.08. The van der Waals surface area contributed by atoms with Crippen molar-refractivity contribution in [2.45, 2.75) is 19.1 Å². The van der Waals surface area contributed by atoms with Crippen LogP contribution in [0.15, 0.2) is 24.3 Å². The van der Waals surface area contributed by atoms with Gasteiger partial charge < -0.3 is 4.74 Å². The van der Waals surface area contributed by atoms with Crippen LogP contribution in [0.4, 0.5) is 0 Å². The van der Waals surface area contributed by atoms with Crippen LogP contribution in [0.5, 0.6) is 0 Å². The van der Waals surface area contributed by atoms with Crippen LogP contribution in [0.3, 0.4) is 0 Å². The standard InChI is InChI=1S/C11H13O2S/c1-2-7-13-11(12)10-6-4-3-5-9(10)8-14/h3-6H,2,7-8H2,1H3. The fraction of sp³-hybridized carbons (Fsp3) is 0.364. The van der Waals surface area contributed by atoms with Crippen LogP contribution >= 0.6 is 12.6 Å². The molecule has 0 aliphatic heterocycles. The molecule has 0 aromatic heterocycles. The highest BCUT2D eigenvalue weighted by molar-refractivity contribution is 7.79. The Labute approximate surface area is 89.7 Å². The largest absolute Gasteiger partial charge is 0.462 e. The first kappa shape index (κ1) is 11.1. The third kappa shape index (κ3) is 2.77. The van der Waals surface area contributed by atoms with E-state index in [1.807, 2.05) is 25.1 Å². The second-order valence-corrected chi connectivity index (χ2v) is 3.23. The number of esters is 1. The second kappa shape index (κ2) is 5.70. The number of carbonyl (C=O) groups is 1. The van der Waals surface area contributed by atoms with Crippen molar-refractivity contribution in [1.82, 2.24) is 0 Å². The number of carbonyl (C=O) groups excluding carboxylic acids is 1. The van der Waals surface area contributed by atoms with Gasteiger partial charge in [-0.2, -0.15) is 0 Å². The average Bonchev–Trinajstić information content (AvgIpc) is 2.25. The molecule has 0 fully saturated rings. The zero-order chi connectivity index (χ0) is 10.4. The molecular formula is C11H13O2S. The van der Waals surface area contributed by atoms with Crippen LogP contribution in [0.25, 0.3) is 0 Å². The van der Waals surface area contributed by atoms with Gasteiger partial charge in [0.05, 0.1) is 12.2 Å². The van der Waals surface area contributed by atoms with Crippen molar-refractivity contribution in [3.63, 3.8) is 0 Å². The Morgan fingerprint density at radius 1 is 1.43 bits per heavy atom. The van der Waals surface area contributed by atoms with Gasteiger partial charge in [-0.25, -0.2) is 4.79 Å². The van der Waals surface area contributed by atoms with Gasteiger partial charge in [0, 0.05) is 5.75 Å². The summed E-state index contributed by atoms with van der Waals surface area (Å²) in [5.74, 6) is 0.171. The summed E-state index contributed by atoms with van der Waals surface area (Å²) < 4.78 is 5.03. The molecule has 0 saturated heterocycles. The van der Waals surface area contributed by atoms with Crippen molar-refractivity contribution < 1.29 is 9.53 Å². The highest BCUT2D eigenvalue weighted by atomic mass is 32.1. The molecule has 3 heteroatoms. The van der Waals surface area contributed by atoms with Gasteiger partial charge in [-0.15, -0.1) is 0 Å². The smallest absolute Gasteiger partial charge is 0.338 e. The molecule has 0 N–H and O–H groups in total. The SMILES string of the molecule is CCCOC(=O)c1ccccc1C[S]. The molecule has 0 aliphatic carbocycles. The minimum absolute atomic E-state index is 0.271. The van der Waals surface area contributed by atoms with Crippen molar-refractivity contribution in [1.29, 1.82) is 0 Å². The summed E-state index contributed by atoms with van der Waals surface area (Å²) in [6.07, 6.45) is 0.835. The summed E-state index contributed by atoms with van der Waals surface area (Å²) in [7, 11) is 0. The topological polar surface area (TPSA) is 26.3 Å². The Kier molecular flexibility index (Phi) is 4.53. The molecule has 0 heterocycles. The predicted octanol–water partition coefficient (Wildman–Crippen LogP) is 2.95. The van der Waals surface area contributed by atoms with E-state index in [1.165, 1.54) is 0 Å². The minimum atomic E-state index is -0.271. The second-order valence-electron chi connectivity index (χ2n) is 2.94. The van der Waals surface area contributed by atoms with Gasteiger partial charge in [-0.1, -0.05) is 37.8 Å². The lowest BCUT2D eigenvalue weighted by atomic mass is 10.1. The van der Waals surface area contributed by atoms with Crippen molar-refractivity contribution in [2.75, 3.05) is 6.61 Å². The van der Waals surface area contributed by atoms with E-state index in [2.05, 4.69) is 0 Å². The van der Waals surface area contributed by atoms with E-state index in [9.17, 15) is 4.79 Å². The van der Waals surface area contributed by atoms with Crippen LogP contribution in [-0.2, 0) is 10.5 Å². The Morgan fingerprint density at radius 2 is 2.14 bits per heavy atom. The van der Waals surface area contributed by atoms with Crippen LogP contribution < -0.4 is 0 Å². The maximum atomic E-state index is 11.5. The molecule has 1 aromatic carbocycles. The Morgan fingerprint density at radius 3 is 2.79 bits per heavy atom. The van der Waals surface area contributed by atoms with Gasteiger partial charge in [0.2, 0.25) is 0 Å². The van der Waals surface area contributed by atoms with Crippen LogP contribution in [0.1, 0.15) is 29.3 Å². The van der Waals surface area contributed by atoms with E-state index >= 15 is 0 Å².